The van der Waals surface area contributed by atoms with Gasteiger partial charge in [0, 0.05) is 57.4 Å². The summed E-state index contributed by atoms with van der Waals surface area (Å²) < 4.78 is 5.28. The quantitative estimate of drug-likeness (QED) is 0.164. The Bertz CT molecular complexity index is 3200. The summed E-state index contributed by atoms with van der Waals surface area (Å²) in [4.78, 5) is 2.39. The van der Waals surface area contributed by atoms with Crippen LogP contribution in [0.25, 0.3) is 84.5 Å². The second kappa shape index (κ2) is 13.1. The minimum atomic E-state index is 1.12. The molecule has 0 aliphatic carbocycles. The van der Waals surface area contributed by atoms with Crippen molar-refractivity contribution in [3.8, 4) is 33.4 Å². The zero-order chi connectivity index (χ0) is 36.3. The molecule has 1 nitrogen and oxygen atoms in total. The number of thiophene rings is 2. The van der Waals surface area contributed by atoms with E-state index in [-0.39, 0.29) is 0 Å². The van der Waals surface area contributed by atoms with Crippen LogP contribution in [0.4, 0.5) is 17.1 Å². The van der Waals surface area contributed by atoms with Crippen LogP contribution in [0.1, 0.15) is 0 Å². The molecule has 0 aliphatic rings. The average Bonchev–Trinajstić information content (AvgIpc) is 3.83. The van der Waals surface area contributed by atoms with Gasteiger partial charge >= 0.3 is 0 Å². The number of benzene rings is 9. The molecule has 11 rings (SSSR count). The number of rotatable bonds is 6. The fourth-order valence-electron chi connectivity index (χ4n) is 8.12. The van der Waals surface area contributed by atoms with Crippen LogP contribution in [0, 0.1) is 0 Å². The van der Waals surface area contributed by atoms with Gasteiger partial charge in [-0.2, -0.15) is 0 Å². The van der Waals surface area contributed by atoms with Crippen LogP contribution in [-0.4, -0.2) is 0 Å². The zero-order valence-electron chi connectivity index (χ0n) is 29.8. The van der Waals surface area contributed by atoms with E-state index in [4.69, 9.17) is 0 Å². The van der Waals surface area contributed by atoms with E-state index in [1.807, 2.05) is 22.7 Å². The molecule has 3 heteroatoms. The predicted molar refractivity (Wildman–Crippen MR) is 241 cm³/mol. The minimum Gasteiger partial charge on any atom is -0.310 e. The van der Waals surface area contributed by atoms with Crippen LogP contribution in [-0.2, 0) is 0 Å². The first-order valence-corrected chi connectivity index (χ1v) is 20.3. The van der Waals surface area contributed by atoms with Gasteiger partial charge in [0.05, 0.1) is 0 Å². The number of nitrogens with zero attached hydrogens (tertiary/aromatic N) is 1. The molecule has 2 aromatic heterocycles. The summed E-state index contributed by atoms with van der Waals surface area (Å²) >= 11 is 3.74. The smallest absolute Gasteiger partial charge is 0.0468 e. The SMILES string of the molecule is c1cc(-c2ccc(N(c3ccc(-c4cccc5c4sc4ccccc45)cc3)c3ccc4sc5ccccc5c4c3)cc2)cc(-c2ccc3ccccc3c2)c1. The molecule has 0 amide bonds. The fourth-order valence-corrected chi connectivity index (χ4v) is 10.4. The molecule has 55 heavy (non-hydrogen) atoms. The van der Waals surface area contributed by atoms with Gasteiger partial charge in [0.15, 0.2) is 0 Å². The maximum Gasteiger partial charge on any atom is 0.0468 e. The lowest BCUT2D eigenvalue weighted by Gasteiger charge is -2.26. The van der Waals surface area contributed by atoms with Gasteiger partial charge in [-0.05, 0) is 111 Å². The van der Waals surface area contributed by atoms with Crippen molar-refractivity contribution in [1.82, 2.24) is 0 Å². The lowest BCUT2D eigenvalue weighted by Crippen LogP contribution is -2.09. The van der Waals surface area contributed by atoms with Crippen molar-refractivity contribution in [1.29, 1.82) is 0 Å². The van der Waals surface area contributed by atoms with Crippen molar-refractivity contribution in [2.75, 3.05) is 4.90 Å². The Kier molecular flexibility index (Phi) is 7.61. The average molecular weight is 736 g/mol. The van der Waals surface area contributed by atoms with Crippen molar-refractivity contribution in [3.05, 3.63) is 200 Å². The second-order valence-electron chi connectivity index (χ2n) is 14.1. The summed E-state index contributed by atoms with van der Waals surface area (Å²) in [5.41, 5.74) is 10.7. The lowest BCUT2D eigenvalue weighted by molar-refractivity contribution is 1.29. The van der Waals surface area contributed by atoms with Gasteiger partial charge in [0.2, 0.25) is 0 Å². The molecular formula is C52H33NS2. The molecule has 11 aromatic rings. The van der Waals surface area contributed by atoms with Crippen molar-refractivity contribution in [3.63, 3.8) is 0 Å². The second-order valence-corrected chi connectivity index (χ2v) is 16.3. The van der Waals surface area contributed by atoms with Crippen LogP contribution in [0.2, 0.25) is 0 Å². The van der Waals surface area contributed by atoms with E-state index in [1.165, 1.54) is 84.5 Å². The Morgan fingerprint density at radius 2 is 0.836 bits per heavy atom. The third-order valence-corrected chi connectivity index (χ3v) is 13.2. The summed E-state index contributed by atoms with van der Waals surface area (Å²) in [5.74, 6) is 0. The Hall–Kier alpha value is -6.52. The molecule has 0 aliphatic heterocycles. The van der Waals surface area contributed by atoms with Gasteiger partial charge in [-0.25, -0.2) is 0 Å². The molecule has 0 N–H and O–H groups in total. The van der Waals surface area contributed by atoms with Gasteiger partial charge in [0.25, 0.3) is 0 Å². The first kappa shape index (κ1) is 32.0. The summed E-state index contributed by atoms with van der Waals surface area (Å²) in [7, 11) is 0. The van der Waals surface area contributed by atoms with Crippen molar-refractivity contribution in [2.45, 2.75) is 0 Å². The largest absolute Gasteiger partial charge is 0.310 e. The molecule has 9 aromatic carbocycles. The van der Waals surface area contributed by atoms with Gasteiger partial charge in [-0.1, -0.05) is 133 Å². The van der Waals surface area contributed by atoms with Crippen LogP contribution in [0.3, 0.4) is 0 Å². The van der Waals surface area contributed by atoms with E-state index < -0.39 is 0 Å². The predicted octanol–water partition coefficient (Wildman–Crippen LogP) is 16.0. The van der Waals surface area contributed by atoms with E-state index in [1.54, 1.807) is 0 Å². The molecule has 258 valence electrons. The van der Waals surface area contributed by atoms with Gasteiger partial charge in [0.1, 0.15) is 0 Å². The van der Waals surface area contributed by atoms with Gasteiger partial charge in [-0.3, -0.25) is 0 Å². The Morgan fingerprint density at radius 3 is 1.62 bits per heavy atom. The molecule has 2 heterocycles. The minimum absolute atomic E-state index is 1.12. The fraction of sp³-hybridized carbons (Fsp3) is 0. The highest BCUT2D eigenvalue weighted by atomic mass is 32.1. The Balaban J connectivity index is 0.992. The molecule has 0 saturated heterocycles. The number of hydrogen-bond donors (Lipinski definition) is 0. The molecule has 0 spiro atoms. The summed E-state index contributed by atoms with van der Waals surface area (Å²) in [5, 5.41) is 7.76. The molecule has 0 radical (unpaired) electrons. The maximum atomic E-state index is 2.39. The van der Waals surface area contributed by atoms with Gasteiger partial charge < -0.3 is 4.90 Å². The lowest BCUT2D eigenvalue weighted by atomic mass is 9.97. The Labute approximate surface area is 327 Å². The zero-order valence-corrected chi connectivity index (χ0v) is 31.4. The third kappa shape index (κ3) is 5.60. The summed E-state index contributed by atoms with van der Waals surface area (Å²) in [6.07, 6.45) is 0. The Morgan fingerprint density at radius 1 is 0.291 bits per heavy atom. The van der Waals surface area contributed by atoms with Crippen molar-refractivity contribution >= 4 is 90.9 Å². The van der Waals surface area contributed by atoms with E-state index in [9.17, 15) is 0 Å². The first-order valence-electron chi connectivity index (χ1n) is 18.7. The van der Waals surface area contributed by atoms with E-state index in [0.29, 0.717) is 0 Å². The van der Waals surface area contributed by atoms with E-state index >= 15 is 0 Å². The highest BCUT2D eigenvalue weighted by Gasteiger charge is 2.17. The van der Waals surface area contributed by atoms with Crippen LogP contribution in [0.15, 0.2) is 200 Å². The van der Waals surface area contributed by atoms with Crippen LogP contribution < -0.4 is 4.90 Å². The highest BCUT2D eigenvalue weighted by molar-refractivity contribution is 7.26. The third-order valence-electron chi connectivity index (χ3n) is 10.9. The monoisotopic (exact) mass is 735 g/mol. The number of hydrogen-bond acceptors (Lipinski definition) is 3. The molecule has 0 atom stereocenters. The highest BCUT2D eigenvalue weighted by Crippen LogP contribution is 2.43. The standard InChI is InChI=1S/C52H33NS2/c1-2-10-37-32-40(20-19-34(37)9-1)39-12-7-11-38(31-39)35-21-25-41(26-22-35)53(43-29-30-51-48(33-43)46-14-4-5-17-49(46)54-51)42-27-23-36(24-28-42)44-15-8-16-47-45-13-3-6-18-50(45)55-52(44)47/h1-33H. The van der Waals surface area contributed by atoms with Crippen LogP contribution in [0.5, 0.6) is 0 Å². The number of fused-ring (bicyclic) bond motifs is 7. The molecular weight excluding hydrogens is 703 g/mol. The van der Waals surface area contributed by atoms with Crippen molar-refractivity contribution in [2.24, 2.45) is 0 Å². The maximum absolute atomic E-state index is 2.39. The topological polar surface area (TPSA) is 3.24 Å². The van der Waals surface area contributed by atoms with Gasteiger partial charge in [-0.15, -0.1) is 22.7 Å². The summed E-state index contributed by atoms with van der Waals surface area (Å²) in [6.45, 7) is 0. The summed E-state index contributed by atoms with van der Waals surface area (Å²) in [6, 6.07) is 73.4. The number of anilines is 3. The first-order chi connectivity index (χ1) is 27.2. The van der Waals surface area contributed by atoms with Crippen molar-refractivity contribution < 1.29 is 0 Å². The van der Waals surface area contributed by atoms with E-state index in [0.717, 1.165) is 17.1 Å². The molecule has 0 fully saturated rings. The molecule has 0 unspecified atom stereocenters. The molecule has 0 saturated carbocycles. The normalized spacial score (nSPS) is 11.6. The van der Waals surface area contributed by atoms with Crippen LogP contribution >= 0.6 is 22.7 Å². The van der Waals surface area contributed by atoms with E-state index in [2.05, 4.69) is 205 Å². The molecule has 0 bridgehead atoms.